The van der Waals surface area contributed by atoms with Gasteiger partial charge in [-0.3, -0.25) is 4.99 Å². The lowest BCUT2D eigenvalue weighted by Crippen LogP contribution is -2.02. The second kappa shape index (κ2) is 8.73. The quantitative estimate of drug-likeness (QED) is 0.684. The molecule has 2 heteroatoms. The van der Waals surface area contributed by atoms with Gasteiger partial charge < -0.3 is 5.73 Å². The predicted molar refractivity (Wildman–Crippen MR) is 102 cm³/mol. The molecule has 2 nitrogen and oxygen atoms in total. The van der Waals surface area contributed by atoms with Gasteiger partial charge in [0.15, 0.2) is 0 Å². The Hall–Kier alpha value is -2.81. The molecule has 0 radical (unpaired) electrons. The van der Waals surface area contributed by atoms with E-state index in [0.717, 1.165) is 27.8 Å². The van der Waals surface area contributed by atoms with Crippen LogP contribution < -0.4 is 5.73 Å². The highest BCUT2D eigenvalue weighted by Crippen LogP contribution is 2.11. The summed E-state index contributed by atoms with van der Waals surface area (Å²) in [6, 6.07) is 12.3. The molecule has 2 aromatic rings. The molecule has 0 spiro atoms. The molecule has 0 amide bonds. The standard InChI is InChI=1S/C22H22N2/c1-4-5-20-12-17(2)13-21(14-20)9-8-19-7-6-18(3)22(15-19)16-24-11-10-23/h6-7,12-16H,10-11,23H2,1-3H3/b24-16+. The highest BCUT2D eigenvalue weighted by molar-refractivity contribution is 5.82. The van der Waals surface area contributed by atoms with Gasteiger partial charge in [0.25, 0.3) is 0 Å². The second-order valence-corrected chi connectivity index (χ2v) is 5.61. The molecule has 0 unspecified atom stereocenters. The first-order valence-corrected chi connectivity index (χ1v) is 7.99. The van der Waals surface area contributed by atoms with Crippen molar-refractivity contribution in [1.29, 1.82) is 0 Å². The highest BCUT2D eigenvalue weighted by Gasteiger charge is 1.97. The van der Waals surface area contributed by atoms with E-state index in [1.165, 1.54) is 5.56 Å². The zero-order chi connectivity index (χ0) is 17.4. The molecule has 0 saturated carbocycles. The molecular formula is C22H22N2. The minimum atomic E-state index is 0.561. The highest BCUT2D eigenvalue weighted by atomic mass is 14.7. The van der Waals surface area contributed by atoms with Crippen LogP contribution in [-0.2, 0) is 0 Å². The van der Waals surface area contributed by atoms with E-state index in [9.17, 15) is 0 Å². The Morgan fingerprint density at radius 2 is 1.67 bits per heavy atom. The minimum absolute atomic E-state index is 0.561. The van der Waals surface area contributed by atoms with Crippen LogP contribution in [-0.4, -0.2) is 19.3 Å². The van der Waals surface area contributed by atoms with E-state index < -0.39 is 0 Å². The molecule has 120 valence electrons. The molecule has 0 atom stereocenters. The Labute approximate surface area is 144 Å². The van der Waals surface area contributed by atoms with Crippen LogP contribution in [0.15, 0.2) is 41.4 Å². The van der Waals surface area contributed by atoms with Crippen molar-refractivity contribution in [2.45, 2.75) is 20.8 Å². The van der Waals surface area contributed by atoms with Crippen molar-refractivity contribution in [3.63, 3.8) is 0 Å². The lowest BCUT2D eigenvalue weighted by Gasteiger charge is -2.01. The average molecular weight is 314 g/mol. The topological polar surface area (TPSA) is 38.4 Å². The molecule has 0 aliphatic rings. The van der Waals surface area contributed by atoms with Crippen molar-refractivity contribution >= 4 is 6.21 Å². The number of nitrogens with zero attached hydrogens (tertiary/aromatic N) is 1. The monoisotopic (exact) mass is 314 g/mol. The summed E-state index contributed by atoms with van der Waals surface area (Å²) in [4.78, 5) is 4.31. The maximum Gasteiger partial charge on any atom is 0.0512 e. The number of hydrogen-bond donors (Lipinski definition) is 1. The van der Waals surface area contributed by atoms with Crippen LogP contribution in [0.25, 0.3) is 0 Å². The van der Waals surface area contributed by atoms with Gasteiger partial charge in [0.2, 0.25) is 0 Å². The molecule has 0 aliphatic carbocycles. The molecule has 2 rings (SSSR count). The number of aliphatic imine (C=N–C) groups is 1. The maximum atomic E-state index is 5.47. The summed E-state index contributed by atoms with van der Waals surface area (Å²) in [7, 11) is 0. The molecule has 2 aromatic carbocycles. The molecular weight excluding hydrogens is 292 g/mol. The van der Waals surface area contributed by atoms with Crippen molar-refractivity contribution < 1.29 is 0 Å². The lowest BCUT2D eigenvalue weighted by molar-refractivity contribution is 0.980. The first kappa shape index (κ1) is 17.5. The maximum absolute atomic E-state index is 5.47. The summed E-state index contributed by atoms with van der Waals surface area (Å²) >= 11 is 0. The fourth-order valence-corrected chi connectivity index (χ4v) is 2.31. The average Bonchev–Trinajstić information content (AvgIpc) is 2.55. The Morgan fingerprint density at radius 1 is 0.958 bits per heavy atom. The van der Waals surface area contributed by atoms with Gasteiger partial charge >= 0.3 is 0 Å². The fourth-order valence-electron chi connectivity index (χ4n) is 2.31. The van der Waals surface area contributed by atoms with Crippen LogP contribution >= 0.6 is 0 Å². The first-order chi connectivity index (χ1) is 11.6. The van der Waals surface area contributed by atoms with Crippen molar-refractivity contribution in [3.8, 4) is 23.7 Å². The predicted octanol–water partition coefficient (Wildman–Crippen LogP) is 3.45. The molecule has 0 aliphatic heterocycles. The molecule has 2 N–H and O–H groups in total. The van der Waals surface area contributed by atoms with Gasteiger partial charge in [-0.25, -0.2) is 0 Å². The normalized spacial score (nSPS) is 10.0. The Bertz CT molecular complexity index is 868. The second-order valence-electron chi connectivity index (χ2n) is 5.61. The molecule has 0 heterocycles. The van der Waals surface area contributed by atoms with Crippen LogP contribution in [0, 0.1) is 37.5 Å². The van der Waals surface area contributed by atoms with E-state index >= 15 is 0 Å². The summed E-state index contributed by atoms with van der Waals surface area (Å²) in [6.07, 6.45) is 1.87. The van der Waals surface area contributed by atoms with E-state index in [2.05, 4.69) is 66.8 Å². The molecule has 24 heavy (non-hydrogen) atoms. The molecule has 0 fully saturated rings. The van der Waals surface area contributed by atoms with E-state index in [1.807, 2.05) is 25.3 Å². The first-order valence-electron chi connectivity index (χ1n) is 7.99. The number of rotatable bonds is 3. The number of benzene rings is 2. The van der Waals surface area contributed by atoms with Crippen molar-refractivity contribution in [2.75, 3.05) is 13.1 Å². The summed E-state index contributed by atoms with van der Waals surface area (Å²) in [6.45, 7) is 7.17. The third kappa shape index (κ3) is 5.13. The van der Waals surface area contributed by atoms with Crippen molar-refractivity contribution in [1.82, 2.24) is 0 Å². The molecule has 0 aromatic heterocycles. The lowest BCUT2D eigenvalue weighted by atomic mass is 10.0. The van der Waals surface area contributed by atoms with Crippen LogP contribution in [0.4, 0.5) is 0 Å². The van der Waals surface area contributed by atoms with Crippen LogP contribution in [0.3, 0.4) is 0 Å². The summed E-state index contributed by atoms with van der Waals surface area (Å²) in [5.74, 6) is 12.5. The molecule has 0 saturated heterocycles. The number of aryl methyl sites for hydroxylation is 2. The van der Waals surface area contributed by atoms with Crippen LogP contribution in [0.1, 0.15) is 40.3 Å². The fraction of sp³-hybridized carbons (Fsp3) is 0.227. The van der Waals surface area contributed by atoms with Gasteiger partial charge in [0.1, 0.15) is 0 Å². The van der Waals surface area contributed by atoms with Crippen LogP contribution in [0.5, 0.6) is 0 Å². The minimum Gasteiger partial charge on any atom is -0.329 e. The van der Waals surface area contributed by atoms with Gasteiger partial charge in [0.05, 0.1) is 6.54 Å². The largest absolute Gasteiger partial charge is 0.329 e. The van der Waals surface area contributed by atoms with E-state index in [0.29, 0.717) is 13.1 Å². The van der Waals surface area contributed by atoms with Gasteiger partial charge in [-0.05, 0) is 67.8 Å². The summed E-state index contributed by atoms with van der Waals surface area (Å²) < 4.78 is 0. The summed E-state index contributed by atoms with van der Waals surface area (Å²) in [5, 5.41) is 0. The Balaban J connectivity index is 2.30. The third-order valence-electron chi connectivity index (χ3n) is 3.47. The third-order valence-corrected chi connectivity index (χ3v) is 3.47. The van der Waals surface area contributed by atoms with Gasteiger partial charge in [-0.1, -0.05) is 23.8 Å². The van der Waals surface area contributed by atoms with E-state index in [1.54, 1.807) is 0 Å². The zero-order valence-corrected chi connectivity index (χ0v) is 14.5. The Kier molecular flexibility index (Phi) is 6.38. The number of hydrogen-bond acceptors (Lipinski definition) is 2. The van der Waals surface area contributed by atoms with Crippen molar-refractivity contribution in [3.05, 3.63) is 69.8 Å². The van der Waals surface area contributed by atoms with E-state index in [-0.39, 0.29) is 0 Å². The number of nitrogens with two attached hydrogens (primary N) is 1. The van der Waals surface area contributed by atoms with Gasteiger partial charge in [-0.2, -0.15) is 0 Å². The Morgan fingerprint density at radius 3 is 2.38 bits per heavy atom. The smallest absolute Gasteiger partial charge is 0.0512 e. The summed E-state index contributed by atoms with van der Waals surface area (Å²) in [5.41, 5.74) is 11.8. The SMILES string of the molecule is CC#Cc1cc(C)cc(C#Cc2ccc(C)c(/C=N/CCN)c2)c1. The molecule has 0 bridgehead atoms. The van der Waals surface area contributed by atoms with Gasteiger partial charge in [0, 0.05) is 29.4 Å². The van der Waals surface area contributed by atoms with Gasteiger partial charge in [-0.15, -0.1) is 5.92 Å². The zero-order valence-electron chi connectivity index (χ0n) is 14.5. The van der Waals surface area contributed by atoms with Crippen molar-refractivity contribution in [2.24, 2.45) is 10.7 Å². The van der Waals surface area contributed by atoms with Crippen LogP contribution in [0.2, 0.25) is 0 Å². The van der Waals surface area contributed by atoms with E-state index in [4.69, 9.17) is 5.73 Å².